The SMILES string of the molecule is COc1ccc(C(=O)N2C(C)COCC2C)cc1Br. The molecular weight excluding hydrogens is 310 g/mol. The van der Waals surface area contributed by atoms with Crippen molar-refractivity contribution in [3.63, 3.8) is 0 Å². The molecule has 0 spiro atoms. The molecule has 0 aliphatic carbocycles. The minimum atomic E-state index is 0.0339. The molecule has 0 N–H and O–H groups in total. The van der Waals surface area contributed by atoms with Crippen LogP contribution in [0.25, 0.3) is 0 Å². The van der Waals surface area contributed by atoms with Crippen LogP contribution in [0, 0.1) is 0 Å². The Bertz CT molecular complexity index is 468. The van der Waals surface area contributed by atoms with Gasteiger partial charge in [0.1, 0.15) is 5.75 Å². The van der Waals surface area contributed by atoms with Crippen molar-refractivity contribution in [1.82, 2.24) is 4.90 Å². The van der Waals surface area contributed by atoms with Crippen LogP contribution in [0.3, 0.4) is 0 Å². The van der Waals surface area contributed by atoms with E-state index in [1.54, 1.807) is 25.3 Å². The fourth-order valence-electron chi connectivity index (χ4n) is 2.35. The van der Waals surface area contributed by atoms with Gasteiger partial charge in [0.2, 0.25) is 0 Å². The molecule has 1 saturated heterocycles. The monoisotopic (exact) mass is 327 g/mol. The largest absolute Gasteiger partial charge is 0.496 e. The number of benzene rings is 1. The van der Waals surface area contributed by atoms with Crippen LogP contribution < -0.4 is 4.74 Å². The number of methoxy groups -OCH3 is 1. The number of nitrogens with zero attached hydrogens (tertiary/aromatic N) is 1. The number of ether oxygens (including phenoxy) is 2. The Balaban J connectivity index is 2.25. The highest BCUT2D eigenvalue weighted by molar-refractivity contribution is 9.10. The molecule has 0 radical (unpaired) electrons. The van der Waals surface area contributed by atoms with E-state index in [0.717, 1.165) is 10.2 Å². The lowest BCUT2D eigenvalue weighted by molar-refractivity contribution is -0.0249. The average molecular weight is 328 g/mol. The molecule has 2 rings (SSSR count). The summed E-state index contributed by atoms with van der Waals surface area (Å²) in [5.74, 6) is 0.756. The first-order chi connectivity index (χ1) is 9.04. The molecule has 104 valence electrons. The molecule has 2 unspecified atom stereocenters. The van der Waals surface area contributed by atoms with E-state index < -0.39 is 0 Å². The first-order valence-electron chi connectivity index (χ1n) is 6.28. The Labute approximate surface area is 121 Å². The quantitative estimate of drug-likeness (QED) is 0.838. The fourth-order valence-corrected chi connectivity index (χ4v) is 2.89. The van der Waals surface area contributed by atoms with Gasteiger partial charge in [-0.25, -0.2) is 0 Å². The molecule has 1 aliphatic heterocycles. The van der Waals surface area contributed by atoms with Gasteiger partial charge in [-0.1, -0.05) is 0 Å². The Morgan fingerprint density at radius 1 is 1.37 bits per heavy atom. The van der Waals surface area contributed by atoms with Crippen LogP contribution in [0.4, 0.5) is 0 Å². The molecule has 0 saturated carbocycles. The van der Waals surface area contributed by atoms with Crippen molar-refractivity contribution in [3.8, 4) is 5.75 Å². The van der Waals surface area contributed by atoms with E-state index >= 15 is 0 Å². The van der Waals surface area contributed by atoms with Gasteiger partial charge in [-0.3, -0.25) is 4.79 Å². The van der Waals surface area contributed by atoms with E-state index in [2.05, 4.69) is 15.9 Å². The molecule has 1 aromatic carbocycles. The number of halogens is 1. The van der Waals surface area contributed by atoms with Gasteiger partial charge in [0.15, 0.2) is 0 Å². The molecular formula is C14H18BrNO3. The first-order valence-corrected chi connectivity index (χ1v) is 7.08. The molecule has 0 aromatic heterocycles. The number of carbonyl (C=O) groups excluding carboxylic acids is 1. The zero-order valence-electron chi connectivity index (χ0n) is 11.4. The van der Waals surface area contributed by atoms with Crippen LogP contribution in [0.1, 0.15) is 24.2 Å². The second kappa shape index (κ2) is 5.92. The first kappa shape index (κ1) is 14.3. The number of carbonyl (C=O) groups is 1. The second-order valence-electron chi connectivity index (χ2n) is 4.80. The van der Waals surface area contributed by atoms with E-state index in [1.807, 2.05) is 18.7 Å². The minimum absolute atomic E-state index is 0.0339. The predicted octanol–water partition coefficient (Wildman–Crippen LogP) is 2.71. The lowest BCUT2D eigenvalue weighted by Crippen LogP contribution is -2.52. The molecule has 1 aliphatic rings. The van der Waals surface area contributed by atoms with Gasteiger partial charge >= 0.3 is 0 Å². The molecule has 1 fully saturated rings. The topological polar surface area (TPSA) is 38.8 Å². The Kier molecular flexibility index (Phi) is 4.47. The number of amides is 1. The summed E-state index contributed by atoms with van der Waals surface area (Å²) in [5, 5.41) is 0. The second-order valence-corrected chi connectivity index (χ2v) is 5.65. The van der Waals surface area contributed by atoms with Crippen molar-refractivity contribution < 1.29 is 14.3 Å². The summed E-state index contributed by atoms with van der Waals surface area (Å²) in [6.07, 6.45) is 0. The van der Waals surface area contributed by atoms with Gasteiger partial charge in [0.05, 0.1) is 36.9 Å². The van der Waals surface area contributed by atoms with Gasteiger partial charge in [0.25, 0.3) is 5.91 Å². The number of hydrogen-bond donors (Lipinski definition) is 0. The fraction of sp³-hybridized carbons (Fsp3) is 0.500. The molecule has 1 aromatic rings. The summed E-state index contributed by atoms with van der Waals surface area (Å²) >= 11 is 3.41. The summed E-state index contributed by atoms with van der Waals surface area (Å²) < 4.78 is 11.4. The van der Waals surface area contributed by atoms with Crippen molar-refractivity contribution in [2.45, 2.75) is 25.9 Å². The van der Waals surface area contributed by atoms with Gasteiger partial charge in [-0.15, -0.1) is 0 Å². The van der Waals surface area contributed by atoms with Gasteiger partial charge < -0.3 is 14.4 Å². The Morgan fingerprint density at radius 2 is 2.00 bits per heavy atom. The van der Waals surface area contributed by atoms with Crippen LogP contribution in [0.2, 0.25) is 0 Å². The zero-order chi connectivity index (χ0) is 14.0. The smallest absolute Gasteiger partial charge is 0.254 e. The molecule has 1 amide bonds. The van der Waals surface area contributed by atoms with E-state index in [-0.39, 0.29) is 18.0 Å². The van der Waals surface area contributed by atoms with Gasteiger partial charge in [0, 0.05) is 5.56 Å². The third-order valence-electron chi connectivity index (χ3n) is 3.30. The molecule has 5 heteroatoms. The van der Waals surface area contributed by atoms with Crippen molar-refractivity contribution in [2.24, 2.45) is 0 Å². The van der Waals surface area contributed by atoms with Crippen molar-refractivity contribution in [2.75, 3.05) is 20.3 Å². The van der Waals surface area contributed by atoms with E-state index in [4.69, 9.17) is 9.47 Å². The summed E-state index contributed by atoms with van der Waals surface area (Å²) in [6, 6.07) is 5.58. The third kappa shape index (κ3) is 2.92. The highest BCUT2D eigenvalue weighted by atomic mass is 79.9. The summed E-state index contributed by atoms with van der Waals surface area (Å²) in [6.45, 7) is 5.19. The molecule has 1 heterocycles. The van der Waals surface area contributed by atoms with E-state index in [9.17, 15) is 4.79 Å². The van der Waals surface area contributed by atoms with Crippen LogP contribution in [0.15, 0.2) is 22.7 Å². The van der Waals surface area contributed by atoms with Crippen molar-refractivity contribution >= 4 is 21.8 Å². The lowest BCUT2D eigenvalue weighted by Gasteiger charge is -2.38. The Hall–Kier alpha value is -1.07. The maximum absolute atomic E-state index is 12.6. The van der Waals surface area contributed by atoms with Crippen molar-refractivity contribution in [3.05, 3.63) is 28.2 Å². The van der Waals surface area contributed by atoms with E-state index in [0.29, 0.717) is 18.8 Å². The van der Waals surface area contributed by atoms with Crippen molar-refractivity contribution in [1.29, 1.82) is 0 Å². The molecule has 2 atom stereocenters. The minimum Gasteiger partial charge on any atom is -0.496 e. The average Bonchev–Trinajstić information content (AvgIpc) is 2.38. The number of hydrogen-bond acceptors (Lipinski definition) is 3. The maximum atomic E-state index is 12.6. The molecule has 19 heavy (non-hydrogen) atoms. The maximum Gasteiger partial charge on any atom is 0.254 e. The van der Waals surface area contributed by atoms with E-state index in [1.165, 1.54) is 0 Å². The van der Waals surface area contributed by atoms with Crippen LogP contribution in [-0.4, -0.2) is 43.2 Å². The normalized spacial score (nSPS) is 23.3. The predicted molar refractivity (Wildman–Crippen MR) is 76.6 cm³/mol. The van der Waals surface area contributed by atoms with Crippen LogP contribution in [-0.2, 0) is 4.74 Å². The third-order valence-corrected chi connectivity index (χ3v) is 3.92. The highest BCUT2D eigenvalue weighted by Crippen LogP contribution is 2.27. The van der Waals surface area contributed by atoms with Crippen LogP contribution in [0.5, 0.6) is 5.75 Å². The zero-order valence-corrected chi connectivity index (χ0v) is 12.9. The summed E-state index contributed by atoms with van der Waals surface area (Å²) in [4.78, 5) is 14.5. The highest BCUT2D eigenvalue weighted by Gasteiger charge is 2.30. The molecule has 0 bridgehead atoms. The summed E-state index contributed by atoms with van der Waals surface area (Å²) in [7, 11) is 1.60. The van der Waals surface area contributed by atoms with Gasteiger partial charge in [-0.2, -0.15) is 0 Å². The van der Waals surface area contributed by atoms with Gasteiger partial charge in [-0.05, 0) is 48.0 Å². The number of morpholine rings is 1. The van der Waals surface area contributed by atoms with Crippen LogP contribution >= 0.6 is 15.9 Å². The molecule has 4 nitrogen and oxygen atoms in total. The standard InChI is InChI=1S/C14H18BrNO3/c1-9-7-19-8-10(2)16(9)14(17)11-4-5-13(18-3)12(15)6-11/h4-6,9-10H,7-8H2,1-3H3. The number of rotatable bonds is 2. The Morgan fingerprint density at radius 3 is 2.53 bits per heavy atom. The lowest BCUT2D eigenvalue weighted by atomic mass is 10.1. The summed E-state index contributed by atoms with van der Waals surface area (Å²) in [5.41, 5.74) is 0.660.